The maximum Gasteiger partial charge on any atom is 0.306 e. The molecule has 0 atom stereocenters. The van der Waals surface area contributed by atoms with E-state index < -0.39 is 5.97 Å². The van der Waals surface area contributed by atoms with E-state index in [9.17, 15) is 9.59 Å². The molecule has 0 unspecified atom stereocenters. The molecule has 104 valence electrons. The topological polar surface area (TPSA) is 89.6 Å². The lowest BCUT2D eigenvalue weighted by Crippen LogP contribution is -2.22. The Bertz CT molecular complexity index is 439. The average Bonchev–Trinajstić information content (AvgIpc) is 2.40. The van der Waals surface area contributed by atoms with Gasteiger partial charge in [0, 0.05) is 18.8 Å². The molecule has 0 aliphatic carbocycles. The number of ether oxygens (including phenoxy) is 1. The number of rotatable bonds is 2. The third kappa shape index (κ3) is 5.09. The van der Waals surface area contributed by atoms with Gasteiger partial charge in [0.05, 0.1) is 5.92 Å². The highest BCUT2D eigenvalue weighted by Gasteiger charge is 2.19. The van der Waals surface area contributed by atoms with Crippen LogP contribution in [-0.4, -0.2) is 30.2 Å². The van der Waals surface area contributed by atoms with Crippen molar-refractivity contribution in [1.82, 2.24) is 0 Å². The van der Waals surface area contributed by atoms with Gasteiger partial charge in [0.1, 0.15) is 0 Å². The number of carboxylic acid groups (broad SMARTS) is 1. The molecule has 19 heavy (non-hydrogen) atoms. The fourth-order valence-corrected chi connectivity index (χ4v) is 1.79. The van der Waals surface area contributed by atoms with Crippen LogP contribution in [0.4, 0.5) is 0 Å². The van der Waals surface area contributed by atoms with E-state index in [0.29, 0.717) is 31.6 Å². The fourth-order valence-electron chi connectivity index (χ4n) is 1.79. The Labute approximate surface area is 112 Å². The summed E-state index contributed by atoms with van der Waals surface area (Å²) < 4.78 is 4.99. The number of primary amides is 1. The molecule has 3 N–H and O–H groups in total. The Morgan fingerprint density at radius 3 is 2.21 bits per heavy atom. The quantitative estimate of drug-likeness (QED) is 0.849. The Balaban J connectivity index is 0.000000191. The second kappa shape index (κ2) is 7.53. The van der Waals surface area contributed by atoms with Crippen LogP contribution in [0.25, 0.3) is 0 Å². The third-order valence-corrected chi connectivity index (χ3v) is 2.98. The molecule has 0 bridgehead atoms. The molecule has 0 radical (unpaired) electrons. The smallest absolute Gasteiger partial charge is 0.306 e. The van der Waals surface area contributed by atoms with Gasteiger partial charge in [-0.1, -0.05) is 18.2 Å². The van der Waals surface area contributed by atoms with Gasteiger partial charge in [0.2, 0.25) is 5.91 Å². The molecule has 1 aliphatic rings. The lowest BCUT2D eigenvalue weighted by Gasteiger charge is -2.17. The molecular formula is C14H19NO4. The Morgan fingerprint density at radius 2 is 1.84 bits per heavy atom. The van der Waals surface area contributed by atoms with Crippen LogP contribution >= 0.6 is 0 Å². The Hall–Kier alpha value is -1.88. The van der Waals surface area contributed by atoms with E-state index in [1.165, 1.54) is 0 Å². The molecule has 0 saturated carbocycles. The zero-order valence-electron chi connectivity index (χ0n) is 11.0. The van der Waals surface area contributed by atoms with Crippen LogP contribution in [-0.2, 0) is 9.53 Å². The van der Waals surface area contributed by atoms with Gasteiger partial charge in [-0.3, -0.25) is 9.59 Å². The van der Waals surface area contributed by atoms with E-state index in [1.807, 2.05) is 19.1 Å². The molecule has 5 nitrogen and oxygen atoms in total. The first kappa shape index (κ1) is 15.2. The fraction of sp³-hybridized carbons (Fsp3) is 0.429. The van der Waals surface area contributed by atoms with E-state index in [2.05, 4.69) is 0 Å². The van der Waals surface area contributed by atoms with Crippen LogP contribution in [0.1, 0.15) is 28.8 Å². The second-order valence-electron chi connectivity index (χ2n) is 4.40. The van der Waals surface area contributed by atoms with E-state index in [1.54, 1.807) is 12.1 Å². The van der Waals surface area contributed by atoms with Gasteiger partial charge in [-0.25, -0.2) is 0 Å². The van der Waals surface area contributed by atoms with Crippen LogP contribution < -0.4 is 5.73 Å². The summed E-state index contributed by atoms with van der Waals surface area (Å²) in [5.41, 5.74) is 6.60. The molecular weight excluding hydrogens is 246 g/mol. The number of benzene rings is 1. The Kier molecular flexibility index (Phi) is 6.02. The number of aryl methyl sites for hydroxylation is 1. The Morgan fingerprint density at radius 1 is 1.26 bits per heavy atom. The molecule has 0 spiro atoms. The van der Waals surface area contributed by atoms with Crippen molar-refractivity contribution in [2.45, 2.75) is 19.8 Å². The van der Waals surface area contributed by atoms with E-state index in [4.69, 9.17) is 15.6 Å². The molecule has 5 heteroatoms. The highest BCUT2D eigenvalue weighted by atomic mass is 16.5. The second-order valence-corrected chi connectivity index (χ2v) is 4.40. The molecule has 1 aromatic rings. The summed E-state index contributed by atoms with van der Waals surface area (Å²) in [6.07, 6.45) is 1.35. The first-order valence-electron chi connectivity index (χ1n) is 6.18. The monoisotopic (exact) mass is 265 g/mol. The number of carboxylic acids is 1. The van der Waals surface area contributed by atoms with Crippen molar-refractivity contribution in [2.24, 2.45) is 11.7 Å². The lowest BCUT2D eigenvalue weighted by molar-refractivity contribution is -0.144. The normalized spacial score (nSPS) is 15.2. The minimum atomic E-state index is -0.682. The van der Waals surface area contributed by atoms with Crippen molar-refractivity contribution in [2.75, 3.05) is 13.2 Å². The van der Waals surface area contributed by atoms with Crippen molar-refractivity contribution in [3.05, 3.63) is 35.4 Å². The molecule has 1 fully saturated rings. The van der Waals surface area contributed by atoms with E-state index >= 15 is 0 Å². The number of carbonyl (C=O) groups is 2. The minimum Gasteiger partial charge on any atom is -0.481 e. The van der Waals surface area contributed by atoms with E-state index in [-0.39, 0.29) is 11.8 Å². The highest BCUT2D eigenvalue weighted by molar-refractivity contribution is 5.94. The molecule has 0 aromatic heterocycles. The zero-order chi connectivity index (χ0) is 14.3. The predicted octanol–water partition coefficient (Wildman–Crippen LogP) is 1.59. The van der Waals surface area contributed by atoms with Crippen molar-refractivity contribution < 1.29 is 19.4 Å². The van der Waals surface area contributed by atoms with Crippen molar-refractivity contribution >= 4 is 11.9 Å². The van der Waals surface area contributed by atoms with Crippen LogP contribution in [0.2, 0.25) is 0 Å². The molecule has 1 heterocycles. The average molecular weight is 265 g/mol. The number of aliphatic carboxylic acids is 1. The number of hydrogen-bond acceptors (Lipinski definition) is 3. The minimum absolute atomic E-state index is 0.154. The molecule has 1 aromatic carbocycles. The van der Waals surface area contributed by atoms with Gasteiger partial charge in [-0.2, -0.15) is 0 Å². The summed E-state index contributed by atoms with van der Waals surface area (Å²) in [4.78, 5) is 20.9. The molecule has 1 saturated heterocycles. The van der Waals surface area contributed by atoms with Crippen LogP contribution in [0.5, 0.6) is 0 Å². The first-order valence-corrected chi connectivity index (χ1v) is 6.18. The largest absolute Gasteiger partial charge is 0.481 e. The summed E-state index contributed by atoms with van der Waals surface area (Å²) >= 11 is 0. The standard InChI is InChI=1S/C8H9NO.C6H10O3/c1-6-4-2-3-5-7(6)8(9)10;7-6(8)5-1-3-9-4-2-5/h2-5H,1H3,(H2,9,10);5H,1-4H2,(H,7,8). The van der Waals surface area contributed by atoms with Gasteiger partial charge >= 0.3 is 5.97 Å². The van der Waals surface area contributed by atoms with Crippen LogP contribution in [0.15, 0.2) is 24.3 Å². The number of hydrogen-bond donors (Lipinski definition) is 2. The van der Waals surface area contributed by atoms with Crippen molar-refractivity contribution in [3.8, 4) is 0 Å². The number of nitrogens with two attached hydrogens (primary N) is 1. The van der Waals surface area contributed by atoms with E-state index in [0.717, 1.165) is 5.56 Å². The first-order chi connectivity index (χ1) is 9.02. The van der Waals surface area contributed by atoms with Gasteiger partial charge < -0.3 is 15.6 Å². The molecule has 2 rings (SSSR count). The SMILES string of the molecule is Cc1ccccc1C(N)=O.O=C(O)C1CCOCC1. The lowest BCUT2D eigenvalue weighted by atomic mass is 10.0. The summed E-state index contributed by atoms with van der Waals surface area (Å²) in [6.45, 7) is 3.08. The zero-order valence-corrected chi connectivity index (χ0v) is 11.0. The molecule has 1 amide bonds. The van der Waals surface area contributed by atoms with Crippen molar-refractivity contribution in [3.63, 3.8) is 0 Å². The summed E-state index contributed by atoms with van der Waals surface area (Å²) in [5.74, 6) is -1.20. The summed E-state index contributed by atoms with van der Waals surface area (Å²) in [5, 5.41) is 8.48. The highest BCUT2D eigenvalue weighted by Crippen LogP contribution is 2.13. The number of carbonyl (C=O) groups excluding carboxylic acids is 1. The molecule has 1 aliphatic heterocycles. The van der Waals surface area contributed by atoms with Crippen LogP contribution in [0, 0.1) is 12.8 Å². The summed E-state index contributed by atoms with van der Waals surface area (Å²) in [7, 11) is 0. The van der Waals surface area contributed by atoms with Crippen molar-refractivity contribution in [1.29, 1.82) is 0 Å². The van der Waals surface area contributed by atoms with Gasteiger partial charge in [0.15, 0.2) is 0 Å². The van der Waals surface area contributed by atoms with Gasteiger partial charge in [-0.05, 0) is 31.4 Å². The number of amides is 1. The van der Waals surface area contributed by atoms with Gasteiger partial charge in [-0.15, -0.1) is 0 Å². The summed E-state index contributed by atoms with van der Waals surface area (Å²) in [6, 6.07) is 7.26. The maximum atomic E-state index is 10.6. The van der Waals surface area contributed by atoms with Gasteiger partial charge in [0.25, 0.3) is 0 Å². The maximum absolute atomic E-state index is 10.6. The predicted molar refractivity (Wildman–Crippen MR) is 70.9 cm³/mol. The van der Waals surface area contributed by atoms with Crippen LogP contribution in [0.3, 0.4) is 0 Å². The third-order valence-electron chi connectivity index (χ3n) is 2.98.